The van der Waals surface area contributed by atoms with Gasteiger partial charge >= 0.3 is 5.97 Å². The van der Waals surface area contributed by atoms with Crippen molar-refractivity contribution in [2.75, 3.05) is 0 Å². The molecule has 1 aromatic carbocycles. The number of carbonyl (C=O) groups is 1. The first kappa shape index (κ1) is 15.8. The Labute approximate surface area is 139 Å². The van der Waals surface area contributed by atoms with Crippen molar-refractivity contribution in [3.63, 3.8) is 0 Å². The molecular formula is C15H9ClN2O6. The highest BCUT2D eigenvalue weighted by Crippen LogP contribution is 2.24. The second kappa shape index (κ2) is 6.55. The van der Waals surface area contributed by atoms with E-state index in [2.05, 4.69) is 5.16 Å². The molecule has 2 aromatic heterocycles. The van der Waals surface area contributed by atoms with Crippen LogP contribution in [-0.4, -0.2) is 16.0 Å². The van der Waals surface area contributed by atoms with Crippen LogP contribution in [0.2, 0.25) is 5.02 Å². The number of carbonyl (C=O) groups excluding carboxylic acids is 1. The van der Waals surface area contributed by atoms with Gasteiger partial charge in [-0.05, 0) is 24.3 Å². The minimum Gasteiger partial charge on any atom is -0.461 e. The van der Waals surface area contributed by atoms with Gasteiger partial charge in [0.2, 0.25) is 5.76 Å². The van der Waals surface area contributed by atoms with Crippen LogP contribution < -0.4 is 0 Å². The lowest BCUT2D eigenvalue weighted by atomic mass is 10.2. The van der Waals surface area contributed by atoms with Crippen LogP contribution in [0.1, 0.15) is 16.1 Å². The normalized spacial score (nSPS) is 10.5. The standard InChI is InChI=1S/C15H9ClN2O6/c16-9-3-4-12(18(20)21)11(6-9)15(19)23-8-10-7-14(24-17-10)13-2-1-5-22-13/h1-7H,8H2. The van der Waals surface area contributed by atoms with Gasteiger partial charge in [0.25, 0.3) is 5.69 Å². The lowest BCUT2D eigenvalue weighted by molar-refractivity contribution is -0.385. The second-order valence-corrected chi connectivity index (χ2v) is 5.09. The summed E-state index contributed by atoms with van der Waals surface area (Å²) in [7, 11) is 0. The fourth-order valence-corrected chi connectivity index (χ4v) is 2.14. The van der Waals surface area contributed by atoms with Gasteiger partial charge in [-0.2, -0.15) is 0 Å². The molecule has 0 unspecified atom stereocenters. The van der Waals surface area contributed by atoms with E-state index in [0.29, 0.717) is 17.2 Å². The first-order valence-corrected chi connectivity index (χ1v) is 7.03. The Morgan fingerprint density at radius 1 is 1.29 bits per heavy atom. The molecule has 0 amide bonds. The maximum atomic E-state index is 12.1. The van der Waals surface area contributed by atoms with Crippen LogP contribution in [0.3, 0.4) is 0 Å². The Bertz CT molecular complexity index is 887. The van der Waals surface area contributed by atoms with E-state index in [1.165, 1.54) is 18.4 Å². The molecule has 0 aliphatic carbocycles. The van der Waals surface area contributed by atoms with E-state index in [4.69, 9.17) is 25.3 Å². The van der Waals surface area contributed by atoms with Crippen LogP contribution in [0.5, 0.6) is 0 Å². The highest BCUT2D eigenvalue weighted by atomic mass is 35.5. The van der Waals surface area contributed by atoms with E-state index >= 15 is 0 Å². The van der Waals surface area contributed by atoms with Crippen molar-refractivity contribution in [2.24, 2.45) is 0 Å². The zero-order valence-corrected chi connectivity index (χ0v) is 12.7. The van der Waals surface area contributed by atoms with E-state index in [-0.39, 0.29) is 22.9 Å². The van der Waals surface area contributed by atoms with Gasteiger partial charge in [-0.3, -0.25) is 10.1 Å². The van der Waals surface area contributed by atoms with Crippen molar-refractivity contribution in [3.8, 4) is 11.5 Å². The molecule has 0 N–H and O–H groups in total. The molecule has 2 heterocycles. The van der Waals surface area contributed by atoms with E-state index in [1.54, 1.807) is 18.2 Å². The van der Waals surface area contributed by atoms with Crippen molar-refractivity contribution in [2.45, 2.75) is 6.61 Å². The molecule has 8 nitrogen and oxygen atoms in total. The third-order valence-corrected chi connectivity index (χ3v) is 3.28. The molecule has 3 rings (SSSR count). The summed E-state index contributed by atoms with van der Waals surface area (Å²) in [4.78, 5) is 22.3. The van der Waals surface area contributed by atoms with Gasteiger partial charge in [0.05, 0.1) is 11.2 Å². The Balaban J connectivity index is 1.72. The summed E-state index contributed by atoms with van der Waals surface area (Å²) in [6.45, 7) is -0.216. The summed E-state index contributed by atoms with van der Waals surface area (Å²) in [6.07, 6.45) is 1.48. The van der Waals surface area contributed by atoms with Gasteiger partial charge in [-0.15, -0.1) is 0 Å². The lowest BCUT2D eigenvalue weighted by Crippen LogP contribution is -2.08. The third kappa shape index (κ3) is 3.28. The van der Waals surface area contributed by atoms with Crippen molar-refractivity contribution >= 4 is 23.3 Å². The molecule has 9 heteroatoms. The Kier molecular flexibility index (Phi) is 4.30. The van der Waals surface area contributed by atoms with Crippen LogP contribution in [0.4, 0.5) is 5.69 Å². The minimum absolute atomic E-state index is 0.189. The quantitative estimate of drug-likeness (QED) is 0.391. The van der Waals surface area contributed by atoms with Gasteiger partial charge in [-0.1, -0.05) is 16.8 Å². The molecule has 122 valence electrons. The number of hydrogen-bond donors (Lipinski definition) is 0. The molecule has 0 spiro atoms. The van der Waals surface area contributed by atoms with Gasteiger partial charge < -0.3 is 13.7 Å². The average molecular weight is 349 g/mol. The predicted molar refractivity (Wildman–Crippen MR) is 81.4 cm³/mol. The van der Waals surface area contributed by atoms with Crippen LogP contribution in [0.25, 0.3) is 11.5 Å². The number of halogens is 1. The zero-order chi connectivity index (χ0) is 17.1. The number of hydrogen-bond acceptors (Lipinski definition) is 7. The monoisotopic (exact) mass is 348 g/mol. The molecule has 0 aliphatic heterocycles. The maximum absolute atomic E-state index is 12.1. The van der Waals surface area contributed by atoms with Gasteiger partial charge in [-0.25, -0.2) is 4.79 Å². The summed E-state index contributed by atoms with van der Waals surface area (Å²) in [5.74, 6) is -0.0305. The number of nitro groups is 1. The number of nitrogens with zero attached hydrogens (tertiary/aromatic N) is 2. The first-order valence-electron chi connectivity index (χ1n) is 6.65. The smallest absolute Gasteiger partial charge is 0.345 e. The summed E-state index contributed by atoms with van der Waals surface area (Å²) in [5, 5.41) is 14.9. The van der Waals surface area contributed by atoms with E-state index < -0.39 is 10.9 Å². The molecule has 0 atom stereocenters. The predicted octanol–water partition coefficient (Wildman–Crippen LogP) is 3.85. The lowest BCUT2D eigenvalue weighted by Gasteiger charge is -2.04. The Morgan fingerprint density at radius 2 is 2.12 bits per heavy atom. The van der Waals surface area contributed by atoms with Crippen LogP contribution in [0, 0.1) is 10.1 Å². The number of aromatic nitrogens is 1. The number of esters is 1. The molecule has 0 bridgehead atoms. The summed E-state index contributed by atoms with van der Waals surface area (Å²) >= 11 is 5.78. The van der Waals surface area contributed by atoms with Gasteiger partial charge in [0.1, 0.15) is 17.9 Å². The Hall–Kier alpha value is -3.13. The van der Waals surface area contributed by atoms with Crippen molar-refractivity contribution in [3.05, 3.63) is 69.1 Å². The molecule has 0 fully saturated rings. The van der Waals surface area contributed by atoms with Crippen LogP contribution in [0.15, 0.2) is 51.6 Å². The topological polar surface area (TPSA) is 109 Å². The van der Waals surface area contributed by atoms with Gasteiger partial charge in [0, 0.05) is 17.2 Å². The summed E-state index contributed by atoms with van der Waals surface area (Å²) in [5.41, 5.74) is -0.289. The van der Waals surface area contributed by atoms with Crippen LogP contribution >= 0.6 is 11.6 Å². The highest BCUT2D eigenvalue weighted by Gasteiger charge is 2.22. The van der Waals surface area contributed by atoms with E-state index in [1.807, 2.05) is 0 Å². The molecule has 0 radical (unpaired) electrons. The number of rotatable bonds is 5. The molecule has 0 saturated carbocycles. The second-order valence-electron chi connectivity index (χ2n) is 4.65. The van der Waals surface area contributed by atoms with E-state index in [0.717, 1.165) is 6.07 Å². The van der Waals surface area contributed by atoms with Crippen molar-refractivity contribution < 1.29 is 23.4 Å². The number of nitro benzene ring substituents is 1. The maximum Gasteiger partial charge on any atom is 0.345 e. The van der Waals surface area contributed by atoms with Crippen LogP contribution in [-0.2, 0) is 11.3 Å². The third-order valence-electron chi connectivity index (χ3n) is 3.05. The zero-order valence-electron chi connectivity index (χ0n) is 12.0. The fourth-order valence-electron chi connectivity index (χ4n) is 1.96. The molecular weight excluding hydrogens is 340 g/mol. The minimum atomic E-state index is -0.883. The van der Waals surface area contributed by atoms with Crippen molar-refractivity contribution in [1.29, 1.82) is 0 Å². The summed E-state index contributed by atoms with van der Waals surface area (Å²) in [6, 6.07) is 8.56. The first-order chi connectivity index (χ1) is 11.5. The SMILES string of the molecule is O=C(OCc1cc(-c2ccco2)on1)c1cc(Cl)ccc1[N+](=O)[O-]. The average Bonchev–Trinajstić information content (AvgIpc) is 3.23. The van der Waals surface area contributed by atoms with Crippen molar-refractivity contribution in [1.82, 2.24) is 5.16 Å². The molecule has 24 heavy (non-hydrogen) atoms. The van der Waals surface area contributed by atoms with E-state index in [9.17, 15) is 14.9 Å². The fraction of sp³-hybridized carbons (Fsp3) is 0.0667. The highest BCUT2D eigenvalue weighted by molar-refractivity contribution is 6.31. The largest absolute Gasteiger partial charge is 0.461 e. The number of furan rings is 1. The molecule has 0 saturated heterocycles. The molecule has 0 aliphatic rings. The number of ether oxygens (including phenoxy) is 1. The Morgan fingerprint density at radius 3 is 2.83 bits per heavy atom. The van der Waals surface area contributed by atoms with Gasteiger partial charge in [0.15, 0.2) is 5.76 Å². The number of benzene rings is 1. The summed E-state index contributed by atoms with van der Waals surface area (Å²) < 4.78 is 15.3. The molecule has 3 aromatic rings.